The Bertz CT molecular complexity index is 1160. The zero-order valence-corrected chi connectivity index (χ0v) is 20.0. The highest BCUT2D eigenvalue weighted by Crippen LogP contribution is 2.39. The van der Waals surface area contributed by atoms with E-state index in [2.05, 4.69) is 5.32 Å². The van der Waals surface area contributed by atoms with Crippen molar-refractivity contribution in [1.29, 1.82) is 0 Å². The molecule has 0 bridgehead atoms. The van der Waals surface area contributed by atoms with Gasteiger partial charge in [0.1, 0.15) is 12.2 Å². The van der Waals surface area contributed by atoms with Crippen LogP contribution in [-0.4, -0.2) is 42.0 Å². The summed E-state index contributed by atoms with van der Waals surface area (Å²) in [5.41, 5.74) is -4.15. The molecule has 0 spiro atoms. The lowest BCUT2D eigenvalue weighted by Crippen LogP contribution is -2.41. The molecule has 1 aliphatic rings. The minimum absolute atomic E-state index is 0.0570. The van der Waals surface area contributed by atoms with Crippen LogP contribution >= 0.6 is 0 Å². The molecular formula is C24H24BF4NO6. The van der Waals surface area contributed by atoms with Crippen LogP contribution in [-0.2, 0) is 20.7 Å². The van der Waals surface area contributed by atoms with Gasteiger partial charge >= 0.3 is 19.2 Å². The van der Waals surface area contributed by atoms with Crippen molar-refractivity contribution in [2.24, 2.45) is 0 Å². The molecular weight excluding hydrogens is 485 g/mol. The Kier molecular flexibility index (Phi) is 7.80. The average molecular weight is 509 g/mol. The monoisotopic (exact) mass is 509 g/mol. The zero-order valence-electron chi connectivity index (χ0n) is 20.0. The van der Waals surface area contributed by atoms with E-state index in [1.165, 1.54) is 0 Å². The Morgan fingerprint density at radius 1 is 0.972 bits per heavy atom. The summed E-state index contributed by atoms with van der Waals surface area (Å²) in [5.74, 6) is -10.2. The number of rotatable bonds is 7. The van der Waals surface area contributed by atoms with Gasteiger partial charge < -0.3 is 24.5 Å². The largest absolute Gasteiger partial charge is 0.492 e. The molecule has 1 saturated heterocycles. The molecule has 12 heteroatoms. The molecule has 2 aromatic rings. The van der Waals surface area contributed by atoms with E-state index in [1.54, 1.807) is 58.0 Å². The fraction of sp³-hybridized carbons (Fsp3) is 0.333. The van der Waals surface area contributed by atoms with Crippen molar-refractivity contribution < 1.29 is 46.3 Å². The molecule has 0 unspecified atom stereocenters. The van der Waals surface area contributed by atoms with Crippen molar-refractivity contribution in [2.45, 2.75) is 45.5 Å². The lowest BCUT2D eigenvalue weighted by molar-refractivity contribution is 0.00578. The van der Waals surface area contributed by atoms with E-state index in [1.807, 2.05) is 0 Å². The maximum Gasteiger partial charge on any atom is 0.492 e. The van der Waals surface area contributed by atoms with Crippen LogP contribution in [0.2, 0.25) is 0 Å². The summed E-state index contributed by atoms with van der Waals surface area (Å²) >= 11 is 0. The molecule has 36 heavy (non-hydrogen) atoms. The van der Waals surface area contributed by atoms with Crippen LogP contribution in [0.25, 0.3) is 6.08 Å². The van der Waals surface area contributed by atoms with Crippen LogP contribution in [0.15, 0.2) is 35.8 Å². The first-order valence-electron chi connectivity index (χ1n) is 10.8. The second-order valence-electron chi connectivity index (χ2n) is 9.07. The molecule has 2 aromatic carbocycles. The first-order valence-corrected chi connectivity index (χ1v) is 10.8. The number of amides is 1. The van der Waals surface area contributed by atoms with Gasteiger partial charge in [0.2, 0.25) is 0 Å². The van der Waals surface area contributed by atoms with Crippen molar-refractivity contribution in [2.75, 3.05) is 6.54 Å². The van der Waals surface area contributed by atoms with Crippen molar-refractivity contribution in [3.05, 3.63) is 75.8 Å². The van der Waals surface area contributed by atoms with Gasteiger partial charge in [-0.1, -0.05) is 36.4 Å². The van der Waals surface area contributed by atoms with E-state index in [0.29, 0.717) is 11.6 Å². The minimum atomic E-state index is -2.17. The first-order chi connectivity index (χ1) is 16.7. The average Bonchev–Trinajstić information content (AvgIpc) is 3.03. The van der Waals surface area contributed by atoms with Crippen LogP contribution < -0.4 is 5.32 Å². The van der Waals surface area contributed by atoms with E-state index < -0.39 is 71.3 Å². The van der Waals surface area contributed by atoms with E-state index in [4.69, 9.17) is 19.2 Å². The van der Waals surface area contributed by atoms with Crippen molar-refractivity contribution in [3.63, 3.8) is 0 Å². The van der Waals surface area contributed by atoms with Gasteiger partial charge in [0, 0.05) is 6.54 Å². The number of hydrogen-bond acceptors (Lipinski definition) is 5. The topological polar surface area (TPSA) is 94.1 Å². The van der Waals surface area contributed by atoms with E-state index in [-0.39, 0.29) is 12.1 Å². The maximum atomic E-state index is 14.6. The maximum absolute atomic E-state index is 14.6. The Labute approximate surface area is 205 Å². The molecule has 1 heterocycles. The third-order valence-electron chi connectivity index (χ3n) is 6.05. The van der Waals surface area contributed by atoms with Gasteiger partial charge in [0.05, 0.1) is 16.8 Å². The number of nitrogens with one attached hydrogen (secondary N) is 1. The highest BCUT2D eigenvalue weighted by molar-refractivity contribution is 6.56. The molecule has 0 aliphatic carbocycles. The van der Waals surface area contributed by atoms with Gasteiger partial charge in [-0.2, -0.15) is 0 Å². The number of halogens is 4. The van der Waals surface area contributed by atoms with Gasteiger partial charge in [-0.05, 0) is 38.7 Å². The summed E-state index contributed by atoms with van der Waals surface area (Å²) in [6.07, 6.45) is -0.178. The number of carbonyl (C=O) groups excluding carboxylic acids is 1. The van der Waals surface area contributed by atoms with E-state index in [9.17, 15) is 27.2 Å². The van der Waals surface area contributed by atoms with Crippen LogP contribution in [0, 0.1) is 23.3 Å². The van der Waals surface area contributed by atoms with Crippen LogP contribution in [0.5, 0.6) is 0 Å². The summed E-state index contributed by atoms with van der Waals surface area (Å²) in [6.45, 7) is 6.32. The molecule has 0 aromatic heterocycles. The molecule has 0 saturated carbocycles. The standard InChI is InChI=1S/C24H24BF4NO6/c1-23(2)24(3,4)36-25(35-23)14(11-30-22(33)34-12-13-8-6-5-7-9-13)10-15-17(26)19(28)16(21(31)32)20(29)18(15)27/h5-10H,11-12H2,1-4H3,(H,30,33)(H,31,32). The van der Waals surface area contributed by atoms with Gasteiger partial charge in [-0.15, -0.1) is 0 Å². The lowest BCUT2D eigenvalue weighted by atomic mass is 9.76. The SMILES string of the molecule is CC1(C)OB(C(=Cc2c(F)c(F)c(C(=O)O)c(F)c2F)CNC(=O)OCc2ccccc2)OC1(C)C. The summed E-state index contributed by atoms with van der Waals surface area (Å²) in [7, 11) is -1.27. The number of carboxylic acid groups (broad SMARTS) is 1. The Hall–Kier alpha value is -3.38. The number of carboxylic acids is 1. The number of benzene rings is 2. The highest BCUT2D eigenvalue weighted by Gasteiger charge is 2.52. The molecule has 3 rings (SSSR count). The van der Waals surface area contributed by atoms with E-state index in [0.717, 1.165) is 0 Å². The number of carbonyl (C=O) groups is 2. The molecule has 2 N–H and O–H groups in total. The fourth-order valence-corrected chi connectivity index (χ4v) is 3.29. The highest BCUT2D eigenvalue weighted by atomic mass is 19.2. The molecule has 7 nitrogen and oxygen atoms in total. The molecule has 1 aliphatic heterocycles. The molecule has 192 valence electrons. The van der Waals surface area contributed by atoms with Crippen LogP contribution in [0.1, 0.15) is 49.2 Å². The second kappa shape index (κ2) is 10.3. The Balaban J connectivity index is 1.93. The van der Waals surface area contributed by atoms with Crippen molar-refractivity contribution >= 4 is 25.3 Å². The summed E-state index contributed by atoms with van der Waals surface area (Å²) in [6, 6.07) is 8.77. The smallest absolute Gasteiger partial charge is 0.477 e. The minimum Gasteiger partial charge on any atom is -0.477 e. The molecule has 0 radical (unpaired) electrons. The molecule has 0 atom stereocenters. The third-order valence-corrected chi connectivity index (χ3v) is 6.05. The quantitative estimate of drug-likeness (QED) is 0.314. The normalized spacial score (nSPS) is 16.7. The summed E-state index contributed by atoms with van der Waals surface area (Å²) < 4.78 is 74.6. The Morgan fingerprint density at radius 3 is 2.00 bits per heavy atom. The van der Waals surface area contributed by atoms with Gasteiger partial charge in [-0.3, -0.25) is 0 Å². The number of hydrogen-bond donors (Lipinski definition) is 2. The molecule has 1 fully saturated rings. The van der Waals surface area contributed by atoms with Crippen molar-refractivity contribution in [3.8, 4) is 0 Å². The van der Waals surface area contributed by atoms with Crippen molar-refractivity contribution in [1.82, 2.24) is 5.32 Å². The number of alkyl carbamates (subject to hydrolysis) is 1. The third kappa shape index (κ3) is 5.54. The summed E-state index contributed by atoms with van der Waals surface area (Å²) in [5, 5.41) is 11.3. The number of aromatic carboxylic acids is 1. The van der Waals surface area contributed by atoms with Crippen LogP contribution in [0.4, 0.5) is 22.4 Å². The van der Waals surface area contributed by atoms with Gasteiger partial charge in [0.15, 0.2) is 23.3 Å². The predicted molar refractivity (Wildman–Crippen MR) is 122 cm³/mol. The van der Waals surface area contributed by atoms with E-state index >= 15 is 0 Å². The fourth-order valence-electron chi connectivity index (χ4n) is 3.29. The summed E-state index contributed by atoms with van der Waals surface area (Å²) in [4.78, 5) is 23.3. The first kappa shape index (κ1) is 27.2. The second-order valence-corrected chi connectivity index (χ2v) is 9.07. The predicted octanol–water partition coefficient (Wildman–Crippen LogP) is 4.88. The van der Waals surface area contributed by atoms with Gasteiger partial charge in [0.25, 0.3) is 0 Å². The Morgan fingerprint density at radius 2 is 1.50 bits per heavy atom. The van der Waals surface area contributed by atoms with Crippen LogP contribution in [0.3, 0.4) is 0 Å². The number of ether oxygens (including phenoxy) is 1. The zero-order chi connectivity index (χ0) is 26.8. The molecule has 1 amide bonds. The van der Waals surface area contributed by atoms with Gasteiger partial charge in [-0.25, -0.2) is 27.2 Å². The lowest BCUT2D eigenvalue weighted by Gasteiger charge is -2.32.